The summed E-state index contributed by atoms with van der Waals surface area (Å²) in [5.41, 5.74) is 1.95. The number of aryl methyl sites for hydroxylation is 1. The summed E-state index contributed by atoms with van der Waals surface area (Å²) < 4.78 is 0. The number of aliphatic hydroxyl groups excluding tert-OH is 1. The Balaban J connectivity index is 2.10. The molecule has 0 saturated heterocycles. The molecule has 0 aliphatic heterocycles. The molecule has 1 aromatic heterocycles. The minimum absolute atomic E-state index is 0.388. The zero-order chi connectivity index (χ0) is 13.2. The second-order valence-corrected chi connectivity index (χ2v) is 5.19. The molecule has 102 valence electrons. The largest absolute Gasteiger partial charge is 0.387 e. The summed E-state index contributed by atoms with van der Waals surface area (Å²) in [6.45, 7) is 4.25. The second-order valence-electron chi connectivity index (χ2n) is 5.19. The monoisotopic (exact) mass is 249 g/mol. The van der Waals surface area contributed by atoms with Gasteiger partial charge in [0.15, 0.2) is 0 Å². The quantitative estimate of drug-likeness (QED) is 0.651. The minimum Gasteiger partial charge on any atom is -0.387 e. The molecule has 0 aromatic carbocycles. The van der Waals surface area contributed by atoms with Crippen LogP contribution in [0.1, 0.15) is 75.7 Å². The fraction of sp³-hybridized carbons (Fsp3) is 0.688. The van der Waals surface area contributed by atoms with Crippen LogP contribution >= 0.6 is 0 Å². The Bertz CT molecular complexity index is 307. The third kappa shape index (κ3) is 6.15. The highest BCUT2D eigenvalue weighted by Crippen LogP contribution is 2.18. The molecule has 1 atom stereocenters. The molecule has 1 N–H and O–H groups in total. The molecule has 1 aromatic rings. The summed E-state index contributed by atoms with van der Waals surface area (Å²) >= 11 is 0. The molecule has 1 heterocycles. The fourth-order valence-corrected chi connectivity index (χ4v) is 2.12. The maximum absolute atomic E-state index is 9.99. The summed E-state index contributed by atoms with van der Waals surface area (Å²) in [5, 5.41) is 9.99. The van der Waals surface area contributed by atoms with Crippen molar-refractivity contribution in [3.05, 3.63) is 29.6 Å². The van der Waals surface area contributed by atoms with E-state index in [1.807, 2.05) is 25.3 Å². The Labute approximate surface area is 111 Å². The molecule has 1 rings (SSSR count). The number of aliphatic hydroxyl groups is 1. The number of rotatable bonds is 9. The van der Waals surface area contributed by atoms with Gasteiger partial charge in [-0.2, -0.15) is 0 Å². The molecular weight excluding hydrogens is 222 g/mol. The number of hydrogen-bond acceptors (Lipinski definition) is 2. The van der Waals surface area contributed by atoms with Gasteiger partial charge < -0.3 is 5.11 Å². The van der Waals surface area contributed by atoms with Crippen LogP contribution in [-0.2, 0) is 0 Å². The fourth-order valence-electron chi connectivity index (χ4n) is 2.12. The van der Waals surface area contributed by atoms with Gasteiger partial charge in [0.2, 0.25) is 0 Å². The van der Waals surface area contributed by atoms with E-state index in [0.29, 0.717) is 0 Å². The van der Waals surface area contributed by atoms with Crippen molar-refractivity contribution >= 4 is 0 Å². The van der Waals surface area contributed by atoms with Crippen molar-refractivity contribution in [3.8, 4) is 0 Å². The van der Waals surface area contributed by atoms with Gasteiger partial charge in [-0.3, -0.25) is 4.98 Å². The molecule has 0 spiro atoms. The Morgan fingerprint density at radius 3 is 2.33 bits per heavy atom. The number of pyridine rings is 1. The van der Waals surface area contributed by atoms with Gasteiger partial charge >= 0.3 is 0 Å². The molecule has 18 heavy (non-hydrogen) atoms. The van der Waals surface area contributed by atoms with Crippen molar-refractivity contribution in [1.82, 2.24) is 4.98 Å². The molecule has 0 saturated carbocycles. The van der Waals surface area contributed by atoms with Crippen LogP contribution in [0.5, 0.6) is 0 Å². The highest BCUT2D eigenvalue weighted by Gasteiger charge is 2.07. The highest BCUT2D eigenvalue weighted by molar-refractivity contribution is 5.13. The molecule has 1 unspecified atom stereocenters. The van der Waals surface area contributed by atoms with Crippen LogP contribution in [0.3, 0.4) is 0 Å². The lowest BCUT2D eigenvalue weighted by molar-refractivity contribution is 0.158. The van der Waals surface area contributed by atoms with Crippen LogP contribution in [0, 0.1) is 6.92 Å². The third-order valence-corrected chi connectivity index (χ3v) is 3.36. The first-order valence-corrected chi connectivity index (χ1v) is 7.34. The number of unbranched alkanes of at least 4 members (excludes halogenated alkanes) is 6. The Hall–Kier alpha value is -0.890. The predicted octanol–water partition coefficient (Wildman–Crippen LogP) is 4.56. The summed E-state index contributed by atoms with van der Waals surface area (Å²) in [4.78, 5) is 4.27. The van der Waals surface area contributed by atoms with Gasteiger partial charge in [-0.15, -0.1) is 0 Å². The standard InChI is InChI=1S/C16H27NO/c1-3-4-5-6-7-8-9-10-16(18)15-12-11-14(2)13-17-15/h11-13,16,18H,3-10H2,1-2H3. The summed E-state index contributed by atoms with van der Waals surface area (Å²) in [5.74, 6) is 0. The predicted molar refractivity (Wildman–Crippen MR) is 76.5 cm³/mol. The van der Waals surface area contributed by atoms with E-state index in [2.05, 4.69) is 11.9 Å². The average molecular weight is 249 g/mol. The van der Waals surface area contributed by atoms with Gasteiger partial charge in [-0.1, -0.05) is 57.9 Å². The molecule has 0 aliphatic carbocycles. The van der Waals surface area contributed by atoms with Crippen molar-refractivity contribution in [2.75, 3.05) is 0 Å². The SMILES string of the molecule is CCCCCCCCCC(O)c1ccc(C)cn1. The van der Waals surface area contributed by atoms with E-state index in [1.54, 1.807) is 0 Å². The van der Waals surface area contributed by atoms with Crippen molar-refractivity contribution in [1.29, 1.82) is 0 Å². The first-order chi connectivity index (χ1) is 8.74. The molecular formula is C16H27NO. The normalized spacial score (nSPS) is 12.6. The van der Waals surface area contributed by atoms with Crippen LogP contribution in [0.25, 0.3) is 0 Å². The van der Waals surface area contributed by atoms with Gasteiger partial charge in [0, 0.05) is 6.20 Å². The second kappa shape index (κ2) is 9.09. The third-order valence-electron chi connectivity index (χ3n) is 3.36. The van der Waals surface area contributed by atoms with E-state index in [9.17, 15) is 5.11 Å². The molecule has 0 amide bonds. The molecule has 0 fully saturated rings. The van der Waals surface area contributed by atoms with E-state index in [0.717, 1.165) is 24.1 Å². The van der Waals surface area contributed by atoms with Crippen LogP contribution in [0.2, 0.25) is 0 Å². The summed E-state index contributed by atoms with van der Waals surface area (Å²) in [7, 11) is 0. The lowest BCUT2D eigenvalue weighted by atomic mass is 10.0. The first kappa shape index (κ1) is 15.2. The topological polar surface area (TPSA) is 33.1 Å². The van der Waals surface area contributed by atoms with Gasteiger partial charge in [-0.05, 0) is 25.0 Å². The van der Waals surface area contributed by atoms with E-state index in [1.165, 1.54) is 38.5 Å². The van der Waals surface area contributed by atoms with Crippen molar-refractivity contribution in [3.63, 3.8) is 0 Å². The van der Waals surface area contributed by atoms with Gasteiger partial charge in [0.25, 0.3) is 0 Å². The van der Waals surface area contributed by atoms with E-state index >= 15 is 0 Å². The Morgan fingerprint density at radius 1 is 1.06 bits per heavy atom. The molecule has 0 aliphatic rings. The smallest absolute Gasteiger partial charge is 0.0959 e. The van der Waals surface area contributed by atoms with Crippen LogP contribution in [-0.4, -0.2) is 10.1 Å². The molecule has 0 bridgehead atoms. The summed E-state index contributed by atoms with van der Waals surface area (Å²) in [6, 6.07) is 3.94. The summed E-state index contributed by atoms with van der Waals surface area (Å²) in [6.07, 6.45) is 11.3. The average Bonchev–Trinajstić information content (AvgIpc) is 2.38. The lowest BCUT2D eigenvalue weighted by Crippen LogP contribution is -2.00. The van der Waals surface area contributed by atoms with Crippen molar-refractivity contribution in [2.24, 2.45) is 0 Å². The minimum atomic E-state index is -0.388. The van der Waals surface area contributed by atoms with E-state index < -0.39 is 0 Å². The van der Waals surface area contributed by atoms with Crippen molar-refractivity contribution < 1.29 is 5.11 Å². The Morgan fingerprint density at radius 2 is 1.72 bits per heavy atom. The van der Waals surface area contributed by atoms with Crippen LogP contribution < -0.4 is 0 Å². The highest BCUT2D eigenvalue weighted by atomic mass is 16.3. The lowest BCUT2D eigenvalue weighted by Gasteiger charge is -2.10. The number of aromatic nitrogens is 1. The van der Waals surface area contributed by atoms with E-state index in [-0.39, 0.29) is 6.10 Å². The Kier molecular flexibility index (Phi) is 7.66. The van der Waals surface area contributed by atoms with Gasteiger partial charge in [0.05, 0.1) is 11.8 Å². The van der Waals surface area contributed by atoms with E-state index in [4.69, 9.17) is 0 Å². The zero-order valence-corrected chi connectivity index (χ0v) is 11.9. The van der Waals surface area contributed by atoms with Crippen molar-refractivity contribution in [2.45, 2.75) is 71.3 Å². The molecule has 2 nitrogen and oxygen atoms in total. The molecule has 2 heteroatoms. The van der Waals surface area contributed by atoms with Gasteiger partial charge in [-0.25, -0.2) is 0 Å². The maximum Gasteiger partial charge on any atom is 0.0959 e. The zero-order valence-electron chi connectivity index (χ0n) is 11.9. The van der Waals surface area contributed by atoms with Crippen LogP contribution in [0.15, 0.2) is 18.3 Å². The molecule has 0 radical (unpaired) electrons. The maximum atomic E-state index is 9.99. The number of hydrogen-bond donors (Lipinski definition) is 1. The first-order valence-electron chi connectivity index (χ1n) is 7.34. The van der Waals surface area contributed by atoms with Crippen LogP contribution in [0.4, 0.5) is 0 Å². The van der Waals surface area contributed by atoms with Gasteiger partial charge in [0.1, 0.15) is 0 Å². The number of nitrogens with zero attached hydrogens (tertiary/aromatic N) is 1.